The topological polar surface area (TPSA) is 0 Å². The van der Waals surface area contributed by atoms with Gasteiger partial charge in [0, 0.05) is 0 Å². The Morgan fingerprint density at radius 3 is 1.64 bits per heavy atom. The molecule has 0 aliphatic carbocycles. The van der Waals surface area contributed by atoms with Crippen LogP contribution in [-0.2, 0) is 0 Å². The molecular formula is C20H37SiSn. The molecule has 0 saturated heterocycles. The van der Waals surface area contributed by atoms with E-state index in [1.165, 1.54) is 38.5 Å². The molecule has 0 fully saturated rings. The van der Waals surface area contributed by atoms with E-state index < -0.39 is 18.4 Å². The van der Waals surface area contributed by atoms with Gasteiger partial charge in [0.1, 0.15) is 0 Å². The van der Waals surface area contributed by atoms with E-state index in [0.29, 0.717) is 0 Å². The van der Waals surface area contributed by atoms with Crippen molar-refractivity contribution in [3.05, 3.63) is 24.3 Å². The van der Waals surface area contributed by atoms with Crippen molar-refractivity contribution >= 4 is 35.9 Å². The van der Waals surface area contributed by atoms with Crippen LogP contribution in [0.4, 0.5) is 0 Å². The fourth-order valence-corrected chi connectivity index (χ4v) is 25.1. The molecule has 1 rings (SSSR count). The second-order valence-electron chi connectivity index (χ2n) is 7.14. The minimum absolute atomic E-state index is 0.345. The number of unbranched alkanes of at least 4 members (excludes halogenated alkanes) is 3. The third kappa shape index (κ3) is 5.70. The van der Waals surface area contributed by atoms with Crippen molar-refractivity contribution in [1.82, 2.24) is 0 Å². The molecule has 22 heavy (non-hydrogen) atoms. The van der Waals surface area contributed by atoms with Gasteiger partial charge in [-0.25, -0.2) is 0 Å². The Bertz CT molecular complexity index is 392. The van der Waals surface area contributed by atoms with Gasteiger partial charge < -0.3 is 0 Å². The molecule has 1 aromatic rings. The zero-order valence-corrected chi connectivity index (χ0v) is 19.5. The molecule has 0 unspecified atom stereocenters. The second kappa shape index (κ2) is 10.9. The molecule has 0 aromatic heterocycles. The fraction of sp³-hybridized carbons (Fsp3) is 0.700. The van der Waals surface area contributed by atoms with Gasteiger partial charge in [0.05, 0.1) is 0 Å². The predicted molar refractivity (Wildman–Crippen MR) is 108 cm³/mol. The molecular weight excluding hydrogens is 387 g/mol. The Balaban J connectivity index is 3.25. The van der Waals surface area contributed by atoms with E-state index in [4.69, 9.17) is 0 Å². The van der Waals surface area contributed by atoms with Gasteiger partial charge in [0.25, 0.3) is 0 Å². The van der Waals surface area contributed by atoms with Crippen molar-refractivity contribution in [2.24, 2.45) is 0 Å². The van der Waals surface area contributed by atoms with Crippen molar-refractivity contribution < 1.29 is 0 Å². The van der Waals surface area contributed by atoms with Gasteiger partial charge in [0.2, 0.25) is 0 Å². The molecule has 0 atom stereocenters. The van der Waals surface area contributed by atoms with Crippen LogP contribution in [0.2, 0.25) is 26.4 Å². The first kappa shape index (κ1) is 20.3. The summed E-state index contributed by atoms with van der Waals surface area (Å²) in [5, 5.41) is 1.78. The molecule has 0 N–H and O–H groups in total. The van der Waals surface area contributed by atoms with Crippen molar-refractivity contribution in [2.45, 2.75) is 85.7 Å². The molecule has 0 aliphatic rings. The van der Waals surface area contributed by atoms with Crippen molar-refractivity contribution in [2.75, 3.05) is 0 Å². The summed E-state index contributed by atoms with van der Waals surface area (Å²) in [5.41, 5.74) is 0. The van der Waals surface area contributed by atoms with Crippen LogP contribution < -0.4 is 8.77 Å². The first-order chi connectivity index (χ1) is 10.6. The first-order valence-electron chi connectivity index (χ1n) is 9.51. The van der Waals surface area contributed by atoms with E-state index in [2.05, 4.69) is 58.1 Å². The summed E-state index contributed by atoms with van der Waals surface area (Å²) >= 11 is -2.22. The van der Waals surface area contributed by atoms with Crippen LogP contribution in [0.3, 0.4) is 0 Å². The van der Waals surface area contributed by atoms with E-state index in [-0.39, 0.29) is 8.80 Å². The van der Waals surface area contributed by atoms with Crippen LogP contribution in [-0.4, -0.2) is 27.2 Å². The third-order valence-corrected chi connectivity index (χ3v) is 23.0. The normalized spacial score (nSPS) is 12.1. The van der Waals surface area contributed by atoms with Crippen LogP contribution in [0, 0.1) is 0 Å². The number of rotatable bonds is 11. The van der Waals surface area contributed by atoms with Crippen LogP contribution in [0.1, 0.15) is 59.3 Å². The molecule has 0 heterocycles. The minimum atomic E-state index is -2.22. The Kier molecular flexibility index (Phi) is 10.1. The average molecular weight is 424 g/mol. The quantitative estimate of drug-likeness (QED) is 0.400. The molecule has 125 valence electrons. The Labute approximate surface area is 145 Å². The molecule has 0 amide bonds. The van der Waals surface area contributed by atoms with E-state index >= 15 is 0 Å². The summed E-state index contributed by atoms with van der Waals surface area (Å²) in [4.78, 5) is 0. The monoisotopic (exact) mass is 425 g/mol. The Hall–Kier alpha value is 0.236. The van der Waals surface area contributed by atoms with Crippen molar-refractivity contribution in [1.29, 1.82) is 0 Å². The first-order valence-corrected chi connectivity index (χ1v) is 19.5. The van der Waals surface area contributed by atoms with Crippen LogP contribution in [0.25, 0.3) is 0 Å². The van der Waals surface area contributed by atoms with Crippen LogP contribution in [0.15, 0.2) is 24.3 Å². The van der Waals surface area contributed by atoms with Crippen molar-refractivity contribution in [3.8, 4) is 0 Å². The van der Waals surface area contributed by atoms with Gasteiger partial charge in [-0.3, -0.25) is 0 Å². The summed E-state index contributed by atoms with van der Waals surface area (Å²) in [5.74, 6) is 0. The number of hydrogen-bond acceptors (Lipinski definition) is 0. The predicted octanol–water partition coefficient (Wildman–Crippen LogP) is 5.70. The molecule has 0 spiro atoms. The standard InChI is InChI=1S/C8H10Si.3C4H9.Sn/c1-9(2)8-6-4-3-5-7-8;3*1-3-4-2;/h3-6H,1-2H3;3*1,3-4H2,2H3;. The van der Waals surface area contributed by atoms with Gasteiger partial charge in [-0.2, -0.15) is 0 Å². The SMILES string of the molecule is CCC[CH2][Sn]([CH2]CCC)([CH2]CCC)[c]1ccccc1[Si](C)C. The van der Waals surface area contributed by atoms with Gasteiger partial charge in [-0.15, -0.1) is 0 Å². The van der Waals surface area contributed by atoms with E-state index in [1.807, 2.05) is 3.58 Å². The summed E-state index contributed by atoms with van der Waals surface area (Å²) in [6.45, 7) is 12.1. The Morgan fingerprint density at radius 1 is 0.773 bits per heavy atom. The molecule has 0 bridgehead atoms. The van der Waals surface area contributed by atoms with Gasteiger partial charge >= 0.3 is 146 Å². The van der Waals surface area contributed by atoms with E-state index in [0.717, 1.165) is 0 Å². The molecule has 0 aliphatic heterocycles. The molecule has 0 saturated carbocycles. The van der Waals surface area contributed by atoms with Crippen molar-refractivity contribution in [3.63, 3.8) is 0 Å². The summed E-state index contributed by atoms with van der Waals surface area (Å²) in [6.07, 6.45) is 8.51. The molecule has 1 radical (unpaired) electrons. The average Bonchev–Trinajstić information content (AvgIpc) is 2.54. The van der Waals surface area contributed by atoms with Gasteiger partial charge in [0.15, 0.2) is 0 Å². The number of benzene rings is 1. The molecule has 1 aromatic carbocycles. The van der Waals surface area contributed by atoms with E-state index in [9.17, 15) is 0 Å². The second-order valence-corrected chi connectivity index (χ2v) is 22.8. The third-order valence-electron chi connectivity index (χ3n) is 5.06. The van der Waals surface area contributed by atoms with Crippen LogP contribution in [0.5, 0.6) is 0 Å². The van der Waals surface area contributed by atoms with Gasteiger partial charge in [-0.1, -0.05) is 0 Å². The maximum absolute atomic E-state index is 2.56. The Morgan fingerprint density at radius 2 is 1.23 bits per heavy atom. The van der Waals surface area contributed by atoms with E-state index in [1.54, 1.807) is 18.5 Å². The molecule has 0 nitrogen and oxygen atoms in total. The maximum atomic E-state index is 2.56. The fourth-order valence-electron chi connectivity index (χ4n) is 3.71. The molecule has 2 heteroatoms. The zero-order chi connectivity index (χ0) is 16.4. The summed E-state index contributed by atoms with van der Waals surface area (Å²) < 4.78 is 6.71. The summed E-state index contributed by atoms with van der Waals surface area (Å²) in [6, 6.07) is 9.65. The number of hydrogen-bond donors (Lipinski definition) is 0. The zero-order valence-electron chi connectivity index (χ0n) is 15.7. The van der Waals surface area contributed by atoms with Crippen LogP contribution >= 0.6 is 0 Å². The van der Waals surface area contributed by atoms with Gasteiger partial charge in [-0.05, 0) is 0 Å². The summed E-state index contributed by atoms with van der Waals surface area (Å²) in [7, 11) is -0.345.